The minimum Gasteiger partial charge on any atom is -0.414 e. The van der Waals surface area contributed by atoms with Gasteiger partial charge in [0.05, 0.1) is 21.8 Å². The maximum atomic E-state index is 14.9. The number of aromatic nitrogens is 1. The Labute approximate surface area is 212 Å². The van der Waals surface area contributed by atoms with E-state index in [0.717, 1.165) is 23.2 Å². The molecular formula is C25H19Cl3N3O2P. The van der Waals surface area contributed by atoms with Crippen molar-refractivity contribution in [3.05, 3.63) is 98.6 Å². The number of benzene rings is 3. The van der Waals surface area contributed by atoms with Crippen molar-refractivity contribution in [2.75, 3.05) is 18.3 Å². The molecule has 0 spiro atoms. The molecule has 172 valence electrons. The van der Waals surface area contributed by atoms with Crippen molar-refractivity contribution in [3.63, 3.8) is 0 Å². The Morgan fingerprint density at radius 3 is 2.68 bits per heavy atom. The number of nitrogens with zero attached hydrogens (tertiary/aromatic N) is 3. The van der Waals surface area contributed by atoms with Crippen LogP contribution in [0.2, 0.25) is 15.1 Å². The van der Waals surface area contributed by atoms with Crippen LogP contribution in [0.5, 0.6) is 5.75 Å². The third-order valence-corrected chi connectivity index (χ3v) is 9.86. The highest BCUT2D eigenvalue weighted by Crippen LogP contribution is 2.66. The maximum absolute atomic E-state index is 14.9. The van der Waals surface area contributed by atoms with E-state index in [0.29, 0.717) is 27.5 Å². The zero-order valence-electron chi connectivity index (χ0n) is 18.1. The molecule has 0 N–H and O–H groups in total. The van der Waals surface area contributed by atoms with E-state index in [-0.39, 0.29) is 16.8 Å². The molecule has 0 aliphatic carbocycles. The summed E-state index contributed by atoms with van der Waals surface area (Å²) >= 11 is 19.4. The van der Waals surface area contributed by atoms with Gasteiger partial charge in [0.15, 0.2) is 5.75 Å². The van der Waals surface area contributed by atoms with Crippen molar-refractivity contribution in [1.82, 2.24) is 9.65 Å². The van der Waals surface area contributed by atoms with E-state index < -0.39 is 7.67 Å². The van der Waals surface area contributed by atoms with Crippen LogP contribution < -0.4 is 9.19 Å². The molecule has 0 fully saturated rings. The van der Waals surface area contributed by atoms with Crippen LogP contribution in [0.4, 0.5) is 5.69 Å². The summed E-state index contributed by atoms with van der Waals surface area (Å²) in [7, 11) is -1.87. The fourth-order valence-electron chi connectivity index (χ4n) is 4.97. The average Bonchev–Trinajstić information content (AvgIpc) is 2.84. The number of hydrogen-bond acceptors (Lipinski definition) is 3. The van der Waals surface area contributed by atoms with Gasteiger partial charge in [-0.25, -0.2) is 4.57 Å². The monoisotopic (exact) mass is 529 g/mol. The molecule has 0 amide bonds. The van der Waals surface area contributed by atoms with E-state index in [4.69, 9.17) is 39.3 Å². The van der Waals surface area contributed by atoms with Crippen LogP contribution in [-0.2, 0) is 11.0 Å². The van der Waals surface area contributed by atoms with Gasteiger partial charge in [-0.05, 0) is 59.5 Å². The minimum atomic E-state index is -3.65. The molecule has 3 heterocycles. The van der Waals surface area contributed by atoms with Gasteiger partial charge in [-0.3, -0.25) is 9.65 Å². The van der Waals surface area contributed by atoms with Crippen molar-refractivity contribution in [2.24, 2.45) is 0 Å². The Hall–Kier alpha value is -2.27. The van der Waals surface area contributed by atoms with Gasteiger partial charge in [0, 0.05) is 30.2 Å². The van der Waals surface area contributed by atoms with Crippen molar-refractivity contribution >= 4 is 59.1 Å². The van der Waals surface area contributed by atoms with Crippen LogP contribution in [0.3, 0.4) is 0 Å². The Morgan fingerprint density at radius 2 is 1.82 bits per heavy atom. The van der Waals surface area contributed by atoms with Crippen molar-refractivity contribution in [2.45, 2.75) is 12.5 Å². The van der Waals surface area contributed by atoms with Crippen molar-refractivity contribution < 1.29 is 9.09 Å². The molecule has 0 radical (unpaired) electrons. The van der Waals surface area contributed by atoms with Crippen LogP contribution in [0.1, 0.15) is 22.7 Å². The second kappa shape index (κ2) is 8.15. The molecule has 3 aromatic carbocycles. The predicted octanol–water partition coefficient (Wildman–Crippen LogP) is 7.78. The van der Waals surface area contributed by atoms with Gasteiger partial charge in [-0.2, -0.15) is 4.67 Å². The Kier molecular flexibility index (Phi) is 5.32. The standard InChI is InChI=1S/C25H19Cl3N3O2P/c1-30-22-9-8-16(26)13-19(22)24-17-6-3-2-5-15(17)10-12-31(24)34(30,32)33-25-21(28)14-20(27)18-7-4-11-29-23(18)25/h2-9,11,13-14,24H,10,12H2,1H3. The van der Waals surface area contributed by atoms with Gasteiger partial charge in [0.2, 0.25) is 0 Å². The van der Waals surface area contributed by atoms with Crippen LogP contribution in [-0.4, -0.2) is 23.2 Å². The molecule has 2 unspecified atom stereocenters. The molecular weight excluding hydrogens is 512 g/mol. The molecule has 0 saturated carbocycles. The first-order valence-corrected chi connectivity index (χ1v) is 13.5. The molecule has 9 heteroatoms. The molecule has 5 nitrogen and oxygen atoms in total. The second-order valence-corrected chi connectivity index (χ2v) is 11.9. The molecule has 0 bridgehead atoms. The second-order valence-electron chi connectivity index (χ2n) is 8.39. The largest absolute Gasteiger partial charge is 0.423 e. The Bertz CT molecular complexity index is 1510. The lowest BCUT2D eigenvalue weighted by Crippen LogP contribution is -2.43. The summed E-state index contributed by atoms with van der Waals surface area (Å²) in [4.78, 5) is 4.45. The van der Waals surface area contributed by atoms with E-state index in [1.54, 1.807) is 36.1 Å². The number of hydrogen-bond donors (Lipinski definition) is 0. The lowest BCUT2D eigenvalue weighted by Gasteiger charge is -2.49. The van der Waals surface area contributed by atoms with Gasteiger partial charge >= 0.3 is 7.67 Å². The zero-order valence-corrected chi connectivity index (χ0v) is 21.2. The summed E-state index contributed by atoms with van der Waals surface area (Å²) in [5, 5.41) is 2.03. The number of pyridine rings is 1. The highest BCUT2D eigenvalue weighted by molar-refractivity contribution is 7.58. The zero-order chi connectivity index (χ0) is 23.6. The van der Waals surface area contributed by atoms with Gasteiger partial charge in [-0.1, -0.05) is 59.1 Å². The highest BCUT2D eigenvalue weighted by atomic mass is 35.5. The smallest absolute Gasteiger partial charge is 0.414 e. The Morgan fingerprint density at radius 1 is 1.00 bits per heavy atom. The van der Waals surface area contributed by atoms with Gasteiger partial charge < -0.3 is 4.52 Å². The summed E-state index contributed by atoms with van der Waals surface area (Å²) in [5.41, 5.74) is 4.58. The van der Waals surface area contributed by atoms with Gasteiger partial charge in [0.25, 0.3) is 0 Å². The number of fused-ring (bicyclic) bond motifs is 6. The van der Waals surface area contributed by atoms with Crippen molar-refractivity contribution in [1.29, 1.82) is 0 Å². The summed E-state index contributed by atoms with van der Waals surface area (Å²) in [5.74, 6) is 0.256. The normalized spacial score (nSPS) is 21.6. The maximum Gasteiger partial charge on any atom is 0.423 e. The van der Waals surface area contributed by atoms with Crippen LogP contribution in [0.15, 0.2) is 66.9 Å². The van der Waals surface area contributed by atoms with Crippen LogP contribution in [0, 0.1) is 0 Å². The fraction of sp³-hybridized carbons (Fsp3) is 0.160. The van der Waals surface area contributed by atoms with Crippen molar-refractivity contribution in [3.8, 4) is 5.75 Å². The fourth-order valence-corrected chi connectivity index (χ4v) is 8.10. The van der Waals surface area contributed by atoms with E-state index in [1.165, 1.54) is 5.56 Å². The summed E-state index contributed by atoms with van der Waals surface area (Å²) < 4.78 is 25.0. The molecule has 6 rings (SSSR count). The predicted molar refractivity (Wildman–Crippen MR) is 139 cm³/mol. The third-order valence-electron chi connectivity index (χ3n) is 6.56. The van der Waals surface area contributed by atoms with E-state index in [1.807, 2.05) is 35.0 Å². The van der Waals surface area contributed by atoms with E-state index in [9.17, 15) is 4.57 Å². The third kappa shape index (κ3) is 3.26. The molecule has 1 aromatic heterocycles. The first kappa shape index (κ1) is 22.2. The highest BCUT2D eigenvalue weighted by Gasteiger charge is 2.51. The molecule has 2 aliphatic rings. The molecule has 2 atom stereocenters. The van der Waals surface area contributed by atoms with E-state index >= 15 is 0 Å². The van der Waals surface area contributed by atoms with Gasteiger partial charge in [-0.15, -0.1) is 0 Å². The summed E-state index contributed by atoms with van der Waals surface area (Å²) in [6, 6.07) is 18.8. The van der Waals surface area contributed by atoms with Crippen LogP contribution in [0.25, 0.3) is 10.9 Å². The quantitative estimate of drug-likeness (QED) is 0.248. The first-order chi connectivity index (χ1) is 16.4. The molecule has 4 aromatic rings. The Balaban J connectivity index is 1.58. The molecule has 2 aliphatic heterocycles. The number of anilines is 1. The molecule has 34 heavy (non-hydrogen) atoms. The lowest BCUT2D eigenvalue weighted by atomic mass is 9.89. The average molecular weight is 531 g/mol. The van der Waals surface area contributed by atoms with E-state index in [2.05, 4.69) is 17.1 Å². The molecule has 0 saturated heterocycles. The van der Waals surface area contributed by atoms with Gasteiger partial charge in [0.1, 0.15) is 5.52 Å². The summed E-state index contributed by atoms with van der Waals surface area (Å²) in [6.45, 7) is 0.547. The summed E-state index contributed by atoms with van der Waals surface area (Å²) in [6.07, 6.45) is 2.39. The SMILES string of the molecule is CN1c2ccc(Cl)cc2C2c3ccccc3CCN2P1(=O)Oc1c(Cl)cc(Cl)c2cccnc12. The number of rotatable bonds is 2. The first-order valence-electron chi connectivity index (χ1n) is 10.8. The topological polar surface area (TPSA) is 45.7 Å². The minimum absolute atomic E-state index is 0.256. The van der Waals surface area contributed by atoms with Crippen LogP contribution >= 0.6 is 42.5 Å². The number of halogens is 3. The lowest BCUT2D eigenvalue weighted by molar-refractivity contribution is 0.293.